The van der Waals surface area contributed by atoms with Gasteiger partial charge in [0.05, 0.1) is 37.1 Å². The number of aromatic nitrogens is 1. The van der Waals surface area contributed by atoms with Crippen molar-refractivity contribution in [3.05, 3.63) is 119 Å². The molecule has 59 heavy (non-hydrogen) atoms. The van der Waals surface area contributed by atoms with Crippen LogP contribution in [0.15, 0.2) is 97.2 Å². The Balaban J connectivity index is 1.36. The van der Waals surface area contributed by atoms with Crippen molar-refractivity contribution in [2.75, 3.05) is 44.9 Å². The Morgan fingerprint density at radius 1 is 0.864 bits per heavy atom. The summed E-state index contributed by atoms with van der Waals surface area (Å²) in [7, 11) is -0.864. The van der Waals surface area contributed by atoms with Gasteiger partial charge in [0.25, 0.3) is 5.91 Å². The van der Waals surface area contributed by atoms with Gasteiger partial charge in [0.1, 0.15) is 18.1 Å². The van der Waals surface area contributed by atoms with Crippen molar-refractivity contribution in [2.24, 2.45) is 0 Å². The number of benzene rings is 3. The van der Waals surface area contributed by atoms with Crippen molar-refractivity contribution in [3.8, 4) is 17.4 Å². The van der Waals surface area contributed by atoms with E-state index in [0.29, 0.717) is 48.0 Å². The number of methoxy groups -OCH3 is 1. The fourth-order valence-electron chi connectivity index (χ4n) is 8.83. The quantitative estimate of drug-likeness (QED) is 0.0445. The van der Waals surface area contributed by atoms with E-state index in [1.807, 2.05) is 72.8 Å². The number of carbonyl (C=O) groups is 2. The molecule has 3 atom stereocenters. The molecule has 1 aromatic heterocycles. The average Bonchev–Trinajstić information content (AvgIpc) is 3.23. The molecule has 0 N–H and O–H groups in total. The van der Waals surface area contributed by atoms with Crippen LogP contribution in [0.2, 0.25) is 16.6 Å². The lowest BCUT2D eigenvalue weighted by Gasteiger charge is -2.50. The van der Waals surface area contributed by atoms with E-state index in [1.54, 1.807) is 35.1 Å². The maximum atomic E-state index is 14.0. The standard InChI is InChI=1S/C46H59N3O9Si/c1-32(2)59(33(3)4,34(5)6)58-42-28-47(46(51)56-29-35-14-9-8-10-15-35)27-41(45(42)37-18-20-38(21-19-37)57-44-16-11-12-24-49(44)52)54-30-36-17-22-40-39(26-36)48(23-13-25-53-7)43(50)31-55-40/h8-12,14-22,24,26,32-34,41-42,45H,13,23,25,27-31H2,1-7H3. The van der Waals surface area contributed by atoms with Crippen molar-refractivity contribution in [1.29, 1.82) is 0 Å². The van der Waals surface area contributed by atoms with Crippen LogP contribution in [-0.2, 0) is 36.6 Å². The van der Waals surface area contributed by atoms with Crippen LogP contribution < -0.4 is 19.1 Å². The van der Waals surface area contributed by atoms with E-state index >= 15 is 0 Å². The zero-order valence-corrected chi connectivity index (χ0v) is 36.4. The predicted molar refractivity (Wildman–Crippen MR) is 228 cm³/mol. The number of nitrogens with zero attached hydrogens (tertiary/aromatic N) is 3. The van der Waals surface area contributed by atoms with Gasteiger partial charge < -0.3 is 43.1 Å². The molecule has 2 amide bonds. The summed E-state index contributed by atoms with van der Waals surface area (Å²) in [5, 5.41) is 12.4. The Bertz CT molecular complexity index is 1970. The highest BCUT2D eigenvalue weighted by Gasteiger charge is 2.51. The highest BCUT2D eigenvalue weighted by molar-refractivity contribution is 6.77. The van der Waals surface area contributed by atoms with Crippen molar-refractivity contribution < 1.29 is 42.4 Å². The summed E-state index contributed by atoms with van der Waals surface area (Å²) in [6, 6.07) is 28.2. The number of pyridine rings is 1. The predicted octanol–water partition coefficient (Wildman–Crippen LogP) is 8.76. The molecule has 12 nitrogen and oxygen atoms in total. The molecule has 2 aliphatic heterocycles. The number of fused-ring (bicyclic) bond motifs is 1. The first-order valence-electron chi connectivity index (χ1n) is 20.7. The van der Waals surface area contributed by atoms with Gasteiger partial charge >= 0.3 is 12.0 Å². The zero-order chi connectivity index (χ0) is 42.1. The van der Waals surface area contributed by atoms with E-state index in [4.69, 9.17) is 28.1 Å². The van der Waals surface area contributed by atoms with Crippen molar-refractivity contribution in [3.63, 3.8) is 0 Å². The van der Waals surface area contributed by atoms with Crippen molar-refractivity contribution in [2.45, 2.75) is 95.9 Å². The van der Waals surface area contributed by atoms with Crippen molar-refractivity contribution in [1.82, 2.24) is 4.90 Å². The number of likely N-dealkylation sites (tertiary alicyclic amines) is 1. The molecule has 1 fully saturated rings. The fourth-order valence-corrected chi connectivity index (χ4v) is 14.4. The topological polar surface area (TPSA) is 123 Å². The molecule has 0 radical (unpaired) electrons. The fraction of sp³-hybridized carbons (Fsp3) is 0.457. The number of carbonyl (C=O) groups excluding carboxylic acids is 2. The molecule has 0 aliphatic carbocycles. The summed E-state index contributed by atoms with van der Waals surface area (Å²) in [5.74, 6) is 0.916. The Hall–Kier alpha value is -4.95. The SMILES string of the molecule is COCCCN1C(=O)COc2ccc(COC3CN(C(=O)OCc4ccccc4)CC(O[Si](C(C)C)(C(C)C)C(C)C)C3c3ccc(Oc4cccc[n+]4[O-])cc3)cc21. The minimum Gasteiger partial charge on any atom is -0.616 e. The Morgan fingerprint density at radius 2 is 1.56 bits per heavy atom. The molecule has 1 saturated heterocycles. The molecular weight excluding hydrogens is 767 g/mol. The molecule has 316 valence electrons. The van der Waals surface area contributed by atoms with Gasteiger partial charge in [0.2, 0.25) is 8.32 Å². The summed E-state index contributed by atoms with van der Waals surface area (Å²) in [6.45, 7) is 15.5. The third-order valence-corrected chi connectivity index (χ3v) is 17.7. The molecular formula is C46H59N3O9Si. The zero-order valence-electron chi connectivity index (χ0n) is 35.4. The highest BCUT2D eigenvalue weighted by Crippen LogP contribution is 2.46. The second kappa shape index (κ2) is 19.9. The van der Waals surface area contributed by atoms with Crippen LogP contribution in [0.1, 0.15) is 70.6 Å². The van der Waals surface area contributed by atoms with Gasteiger partial charge in [-0.15, -0.1) is 4.73 Å². The lowest BCUT2D eigenvalue weighted by molar-refractivity contribution is -0.611. The summed E-state index contributed by atoms with van der Waals surface area (Å²) >= 11 is 0. The number of anilines is 1. The Morgan fingerprint density at radius 3 is 2.24 bits per heavy atom. The molecule has 0 saturated carbocycles. The van der Waals surface area contributed by atoms with Crippen LogP contribution in [-0.4, -0.2) is 77.4 Å². The van der Waals surface area contributed by atoms with Crippen LogP contribution >= 0.6 is 0 Å². The van der Waals surface area contributed by atoms with Crippen LogP contribution in [0.3, 0.4) is 0 Å². The number of rotatable bonds is 17. The minimum atomic E-state index is -2.51. The van der Waals surface area contributed by atoms with Gasteiger partial charge in [-0.05, 0) is 70.1 Å². The Labute approximate surface area is 349 Å². The Kier molecular flexibility index (Phi) is 14.7. The van der Waals surface area contributed by atoms with Crippen LogP contribution in [0, 0.1) is 5.21 Å². The van der Waals surface area contributed by atoms with E-state index in [9.17, 15) is 14.8 Å². The lowest BCUT2D eigenvalue weighted by atomic mass is 9.84. The van der Waals surface area contributed by atoms with Crippen LogP contribution in [0.4, 0.5) is 10.5 Å². The monoisotopic (exact) mass is 825 g/mol. The number of hydrogen-bond donors (Lipinski definition) is 0. The van der Waals surface area contributed by atoms with E-state index in [2.05, 4.69) is 41.5 Å². The van der Waals surface area contributed by atoms with E-state index in [0.717, 1.165) is 16.7 Å². The van der Waals surface area contributed by atoms with E-state index in [-0.39, 0.29) is 60.7 Å². The third kappa shape index (κ3) is 10.3. The summed E-state index contributed by atoms with van der Waals surface area (Å²) in [5.41, 5.74) is 4.27. The van der Waals surface area contributed by atoms with Gasteiger partial charge in [0, 0.05) is 38.8 Å². The summed E-state index contributed by atoms with van der Waals surface area (Å²) < 4.78 is 38.2. The van der Waals surface area contributed by atoms with Gasteiger partial charge in [-0.2, -0.15) is 0 Å². The summed E-state index contributed by atoms with van der Waals surface area (Å²) in [6.07, 6.45) is 0.686. The molecule has 3 unspecified atom stereocenters. The molecule has 3 heterocycles. The number of ether oxygens (including phenoxy) is 5. The molecule has 6 rings (SSSR count). The van der Waals surface area contributed by atoms with Crippen LogP contribution in [0.5, 0.6) is 17.4 Å². The smallest absolute Gasteiger partial charge is 0.410 e. The number of hydrogen-bond acceptors (Lipinski definition) is 9. The van der Waals surface area contributed by atoms with Crippen molar-refractivity contribution >= 4 is 26.0 Å². The van der Waals surface area contributed by atoms with E-state index in [1.165, 1.54) is 6.20 Å². The molecule has 0 spiro atoms. The average molecular weight is 826 g/mol. The third-order valence-electron chi connectivity index (χ3n) is 11.6. The number of piperidine rings is 1. The molecule has 0 bridgehead atoms. The maximum Gasteiger partial charge on any atom is 0.410 e. The van der Waals surface area contributed by atoms with Crippen LogP contribution in [0.25, 0.3) is 0 Å². The number of amides is 2. The maximum absolute atomic E-state index is 14.0. The molecule has 4 aromatic rings. The minimum absolute atomic E-state index is 0.0167. The van der Waals surface area contributed by atoms with Gasteiger partial charge in [-0.25, -0.2) is 4.79 Å². The highest BCUT2D eigenvalue weighted by atomic mass is 28.4. The molecule has 2 aliphatic rings. The van der Waals surface area contributed by atoms with Gasteiger partial charge in [0.15, 0.2) is 12.8 Å². The van der Waals surface area contributed by atoms with E-state index < -0.39 is 26.6 Å². The molecule has 3 aromatic carbocycles. The normalized spacial score (nSPS) is 18.3. The largest absolute Gasteiger partial charge is 0.616 e. The second-order valence-corrected chi connectivity index (χ2v) is 21.7. The lowest BCUT2D eigenvalue weighted by Crippen LogP contribution is -2.59. The summed E-state index contributed by atoms with van der Waals surface area (Å²) in [4.78, 5) is 30.5. The first-order chi connectivity index (χ1) is 28.4. The second-order valence-electron chi connectivity index (χ2n) is 16.3. The first-order valence-corrected chi connectivity index (χ1v) is 22.8. The first kappa shape index (κ1) is 43.6. The van der Waals surface area contributed by atoms with Gasteiger partial charge in [-0.3, -0.25) is 4.79 Å². The van der Waals surface area contributed by atoms with Gasteiger partial charge in [-0.1, -0.05) is 90.1 Å². The molecule has 13 heteroatoms.